The first-order valence-electron chi connectivity index (χ1n) is 6.80. The molecule has 0 bridgehead atoms. The summed E-state index contributed by atoms with van der Waals surface area (Å²) in [5.74, 6) is 0.304. The highest BCUT2D eigenvalue weighted by molar-refractivity contribution is 7.08. The van der Waals surface area contributed by atoms with Crippen LogP contribution in [0.4, 0.5) is 0 Å². The summed E-state index contributed by atoms with van der Waals surface area (Å²) < 4.78 is 0. The van der Waals surface area contributed by atoms with Gasteiger partial charge in [-0.15, -0.1) is 0 Å². The minimum atomic E-state index is 0.0743. The lowest BCUT2D eigenvalue weighted by atomic mass is 10.0. The maximum Gasteiger partial charge on any atom is 0.240 e. The number of carbonyl (C=O) groups excluding carboxylic acids is 1. The lowest BCUT2D eigenvalue weighted by molar-refractivity contribution is -0.136. The van der Waals surface area contributed by atoms with Crippen LogP contribution in [0, 0.1) is 6.92 Å². The maximum atomic E-state index is 12.4. The highest BCUT2D eigenvalue weighted by atomic mass is 32.1. The largest absolute Gasteiger partial charge is 0.337 e. The van der Waals surface area contributed by atoms with E-state index in [4.69, 9.17) is 0 Å². The Morgan fingerprint density at radius 1 is 1.39 bits per heavy atom. The van der Waals surface area contributed by atoms with Gasteiger partial charge >= 0.3 is 0 Å². The summed E-state index contributed by atoms with van der Waals surface area (Å²) in [6.07, 6.45) is 4.62. The van der Waals surface area contributed by atoms with Crippen LogP contribution in [0.25, 0.3) is 0 Å². The molecular formula is C14H20N2OS. The maximum absolute atomic E-state index is 12.4. The highest BCUT2D eigenvalue weighted by Crippen LogP contribution is 2.24. The topological polar surface area (TPSA) is 32.3 Å². The zero-order valence-electron chi connectivity index (χ0n) is 10.8. The van der Waals surface area contributed by atoms with Gasteiger partial charge in [0.2, 0.25) is 5.91 Å². The van der Waals surface area contributed by atoms with Gasteiger partial charge in [0.25, 0.3) is 0 Å². The van der Waals surface area contributed by atoms with Crippen LogP contribution in [0.1, 0.15) is 36.8 Å². The average Bonchev–Trinajstić information content (AvgIpc) is 3.08. The molecule has 1 amide bonds. The lowest BCUT2D eigenvalue weighted by Gasteiger charge is -2.33. The number of aryl methyl sites for hydroxylation is 1. The van der Waals surface area contributed by atoms with E-state index in [0.29, 0.717) is 11.9 Å². The summed E-state index contributed by atoms with van der Waals surface area (Å²) in [6.45, 7) is 3.83. The van der Waals surface area contributed by atoms with Crippen LogP contribution in [-0.2, 0) is 11.3 Å². The molecule has 1 atom stereocenters. The molecule has 1 aromatic rings. The van der Waals surface area contributed by atoms with Gasteiger partial charge in [-0.3, -0.25) is 4.79 Å². The van der Waals surface area contributed by atoms with Crippen molar-refractivity contribution in [3.63, 3.8) is 0 Å². The second-order valence-electron chi connectivity index (χ2n) is 5.48. The fourth-order valence-corrected chi connectivity index (χ4v) is 3.39. The molecule has 98 valence electrons. The zero-order valence-corrected chi connectivity index (χ0v) is 11.6. The van der Waals surface area contributed by atoms with Gasteiger partial charge in [-0.05, 0) is 54.5 Å². The number of thiophene rings is 1. The molecule has 18 heavy (non-hydrogen) atoms. The number of amides is 1. The number of hydrogen-bond acceptors (Lipinski definition) is 3. The molecule has 4 heteroatoms. The Balaban J connectivity index is 1.64. The quantitative estimate of drug-likeness (QED) is 0.905. The van der Waals surface area contributed by atoms with Gasteiger partial charge in [0, 0.05) is 19.1 Å². The second-order valence-corrected chi connectivity index (χ2v) is 6.22. The van der Waals surface area contributed by atoms with Gasteiger partial charge in [0.15, 0.2) is 0 Å². The van der Waals surface area contributed by atoms with E-state index in [1.54, 1.807) is 11.3 Å². The van der Waals surface area contributed by atoms with Gasteiger partial charge in [-0.2, -0.15) is 11.3 Å². The van der Waals surface area contributed by atoms with E-state index >= 15 is 0 Å². The van der Waals surface area contributed by atoms with Crippen molar-refractivity contribution in [3.8, 4) is 0 Å². The fourth-order valence-electron chi connectivity index (χ4n) is 2.54. The lowest BCUT2D eigenvalue weighted by Crippen LogP contribution is -2.50. The molecule has 1 aliphatic heterocycles. The molecule has 1 N–H and O–H groups in total. The van der Waals surface area contributed by atoms with Gasteiger partial charge in [0.1, 0.15) is 0 Å². The van der Waals surface area contributed by atoms with E-state index in [-0.39, 0.29) is 6.04 Å². The van der Waals surface area contributed by atoms with E-state index in [0.717, 1.165) is 25.9 Å². The third-order valence-electron chi connectivity index (χ3n) is 3.87. The van der Waals surface area contributed by atoms with E-state index < -0.39 is 0 Å². The van der Waals surface area contributed by atoms with E-state index in [9.17, 15) is 4.79 Å². The molecule has 3 nitrogen and oxygen atoms in total. The molecule has 1 saturated carbocycles. The number of nitrogens with one attached hydrogen (secondary N) is 1. The first-order valence-corrected chi connectivity index (χ1v) is 7.75. The fraction of sp³-hybridized carbons (Fsp3) is 0.643. The van der Waals surface area contributed by atoms with E-state index in [1.807, 2.05) is 4.90 Å². The predicted molar refractivity (Wildman–Crippen MR) is 73.7 cm³/mol. The normalized spacial score (nSPS) is 24.6. The Bertz CT molecular complexity index is 439. The molecule has 1 unspecified atom stereocenters. The number of carbonyl (C=O) groups is 1. The molecule has 0 radical (unpaired) electrons. The van der Waals surface area contributed by atoms with Crippen LogP contribution in [0.15, 0.2) is 10.8 Å². The smallest absolute Gasteiger partial charge is 0.240 e. The molecule has 2 aliphatic rings. The van der Waals surface area contributed by atoms with Gasteiger partial charge in [-0.25, -0.2) is 0 Å². The van der Waals surface area contributed by atoms with Crippen molar-refractivity contribution in [2.75, 3.05) is 6.54 Å². The van der Waals surface area contributed by atoms with Gasteiger partial charge in [-0.1, -0.05) is 0 Å². The third kappa shape index (κ3) is 2.59. The monoisotopic (exact) mass is 264 g/mol. The molecular weight excluding hydrogens is 244 g/mol. The van der Waals surface area contributed by atoms with E-state index in [1.165, 1.54) is 24.0 Å². The van der Waals surface area contributed by atoms with Crippen molar-refractivity contribution < 1.29 is 4.79 Å². The molecule has 2 fully saturated rings. The zero-order chi connectivity index (χ0) is 12.5. The number of likely N-dealkylation sites (tertiary alicyclic amines) is 1. The number of piperidine rings is 1. The number of rotatable bonds is 4. The van der Waals surface area contributed by atoms with Crippen molar-refractivity contribution in [2.24, 2.45) is 0 Å². The molecule has 0 spiro atoms. The van der Waals surface area contributed by atoms with Crippen molar-refractivity contribution in [2.45, 2.75) is 51.2 Å². The predicted octanol–water partition coefficient (Wildman–Crippen LogP) is 2.30. The minimum Gasteiger partial charge on any atom is -0.337 e. The molecule has 1 saturated heterocycles. The van der Waals surface area contributed by atoms with Crippen molar-refractivity contribution >= 4 is 17.2 Å². The summed E-state index contributed by atoms with van der Waals surface area (Å²) >= 11 is 1.72. The highest BCUT2D eigenvalue weighted by Gasteiger charge is 2.33. The third-order valence-corrected chi connectivity index (χ3v) is 4.78. The van der Waals surface area contributed by atoms with Crippen LogP contribution in [0.3, 0.4) is 0 Å². The van der Waals surface area contributed by atoms with Crippen LogP contribution in [0.5, 0.6) is 0 Å². The Labute approximate surface area is 112 Å². The number of hydrogen-bond donors (Lipinski definition) is 1. The summed E-state index contributed by atoms with van der Waals surface area (Å²) in [4.78, 5) is 14.4. The summed E-state index contributed by atoms with van der Waals surface area (Å²) in [5, 5.41) is 7.80. The second kappa shape index (κ2) is 5.02. The standard InChI is InChI=1S/C14H20N2OS/c1-10-8-18-9-11(10)7-16-6-2-3-13(14(16)17)15-12-4-5-12/h8-9,12-13,15H,2-7H2,1H3. The van der Waals surface area contributed by atoms with Gasteiger partial charge in [0.05, 0.1) is 6.04 Å². The Morgan fingerprint density at radius 3 is 2.89 bits per heavy atom. The molecule has 1 aromatic heterocycles. The molecule has 3 rings (SSSR count). The van der Waals surface area contributed by atoms with Crippen LogP contribution in [-0.4, -0.2) is 29.4 Å². The SMILES string of the molecule is Cc1cscc1CN1CCCC(NC2CC2)C1=O. The van der Waals surface area contributed by atoms with E-state index in [2.05, 4.69) is 23.0 Å². The molecule has 0 aromatic carbocycles. The van der Waals surface area contributed by atoms with Crippen molar-refractivity contribution in [1.82, 2.24) is 10.2 Å². The first kappa shape index (κ1) is 12.2. The minimum absolute atomic E-state index is 0.0743. The Kier molecular flexibility index (Phi) is 3.39. The van der Waals surface area contributed by atoms with Crippen molar-refractivity contribution in [3.05, 3.63) is 21.9 Å². The van der Waals surface area contributed by atoms with Crippen molar-refractivity contribution in [1.29, 1.82) is 0 Å². The Morgan fingerprint density at radius 2 is 2.22 bits per heavy atom. The summed E-state index contributed by atoms with van der Waals surface area (Å²) in [5.41, 5.74) is 2.62. The molecule has 1 aliphatic carbocycles. The summed E-state index contributed by atoms with van der Waals surface area (Å²) in [7, 11) is 0. The first-order chi connectivity index (χ1) is 8.74. The molecule has 2 heterocycles. The van der Waals surface area contributed by atoms with Crippen LogP contribution in [0.2, 0.25) is 0 Å². The Hall–Kier alpha value is -0.870. The number of nitrogens with zero attached hydrogens (tertiary/aromatic N) is 1. The van der Waals surface area contributed by atoms with Crippen LogP contribution < -0.4 is 5.32 Å². The van der Waals surface area contributed by atoms with Gasteiger partial charge < -0.3 is 10.2 Å². The summed E-state index contributed by atoms with van der Waals surface area (Å²) in [6, 6.07) is 0.687. The van der Waals surface area contributed by atoms with Crippen LogP contribution >= 0.6 is 11.3 Å². The average molecular weight is 264 g/mol.